The molecule has 3 atom stereocenters. The Morgan fingerprint density at radius 2 is 0.757 bits per heavy atom. The molecule has 74 heavy (non-hydrogen) atoms. The van der Waals surface area contributed by atoms with Gasteiger partial charge >= 0.3 is 25.7 Å². The van der Waals surface area contributed by atoms with Gasteiger partial charge in [0, 0.05) is 12.8 Å². The van der Waals surface area contributed by atoms with Gasteiger partial charge in [-0.25, -0.2) is 4.57 Å². The van der Waals surface area contributed by atoms with Crippen LogP contribution >= 0.6 is 7.82 Å². The Hall–Kier alpha value is -3.86. The molecule has 0 saturated carbocycles. The quantitative estimate of drug-likeness (QED) is 0.0197. The van der Waals surface area contributed by atoms with E-state index in [0.29, 0.717) is 19.3 Å². The Balaban J connectivity index is 4.85. The number of phosphoric acid groups is 1. The monoisotopic (exact) mass is 1050 g/mol. The molecule has 12 heteroatoms. The van der Waals surface area contributed by atoms with E-state index in [9.17, 15) is 28.9 Å². The number of aliphatic hydroxyl groups is 1. The van der Waals surface area contributed by atoms with Crippen molar-refractivity contribution in [1.29, 1.82) is 0 Å². The van der Waals surface area contributed by atoms with Gasteiger partial charge in [-0.2, -0.15) is 0 Å². The third-order valence-electron chi connectivity index (χ3n) is 11.7. The SMILES string of the molecule is CC/C=C\C/C=C\C/C=C\C/C=C\C/C=C\CC(=O)OC(COC(=O)CCCCCC/C=C\C/C=C\C/C=C\C/C=C\CC)COP(=O)(O)OCC(CO)OC(=O)CCCCCCCCCCCCCCCCC. The number of aliphatic hydroxyl groups excluding tert-OH is 1. The highest BCUT2D eigenvalue weighted by atomic mass is 31.2. The smallest absolute Gasteiger partial charge is 0.462 e. The maximum Gasteiger partial charge on any atom is 0.472 e. The van der Waals surface area contributed by atoms with E-state index in [2.05, 4.69) is 106 Å². The average Bonchev–Trinajstić information content (AvgIpc) is 3.39. The maximum atomic E-state index is 12.9. The van der Waals surface area contributed by atoms with Gasteiger partial charge < -0.3 is 24.2 Å². The topological polar surface area (TPSA) is 155 Å². The highest BCUT2D eigenvalue weighted by molar-refractivity contribution is 7.47. The van der Waals surface area contributed by atoms with E-state index < -0.39 is 64.4 Å². The number of carbonyl (C=O) groups is 3. The molecule has 0 amide bonds. The molecule has 0 spiro atoms. The molecule has 0 bridgehead atoms. The van der Waals surface area contributed by atoms with Crippen molar-refractivity contribution in [3.05, 3.63) is 109 Å². The van der Waals surface area contributed by atoms with Crippen LogP contribution in [-0.4, -0.2) is 66.5 Å². The summed E-state index contributed by atoms with van der Waals surface area (Å²) in [4.78, 5) is 48.5. The molecule has 0 fully saturated rings. The minimum absolute atomic E-state index is 0.0743. The molecule has 422 valence electrons. The number of ether oxygens (including phenoxy) is 3. The Morgan fingerprint density at radius 3 is 1.19 bits per heavy atom. The number of carbonyl (C=O) groups excluding carboxylic acids is 3. The van der Waals surface area contributed by atoms with Crippen molar-refractivity contribution < 1.29 is 52.2 Å². The van der Waals surface area contributed by atoms with Crippen molar-refractivity contribution in [2.45, 2.75) is 238 Å². The van der Waals surface area contributed by atoms with Crippen LogP contribution in [0.25, 0.3) is 0 Å². The number of phosphoric ester groups is 1. The molecule has 0 heterocycles. The standard InChI is InChI=1S/C62H103O11P/c1-4-7-10-13-16-19-22-25-28-29-32-33-36-39-42-45-48-51-60(64)69-55-59(73-62(66)53-50-47-44-41-38-35-31-27-24-21-18-15-12-9-6-3)57-71-74(67,68)70-56-58(54-63)72-61(65)52-49-46-43-40-37-34-30-26-23-20-17-14-11-8-5-2/h7,9-10,12,16,18-19,21,25,27-28,31-33,38,41,47,50,58-59,63H,4-6,8,11,13-15,17,20,22-24,26,29-30,34-37,39-40,42-46,48-49,51-57H2,1-3H3,(H,67,68)/b10-7-,12-9-,19-16-,21-18-,28-25-,31-27-,33-32-,41-38-,50-47-. The van der Waals surface area contributed by atoms with Crippen molar-refractivity contribution >= 4 is 25.7 Å². The number of allylic oxidation sites excluding steroid dienone is 17. The summed E-state index contributed by atoms with van der Waals surface area (Å²) in [5.41, 5.74) is 0. The lowest BCUT2D eigenvalue weighted by Crippen LogP contribution is -2.30. The lowest BCUT2D eigenvalue weighted by molar-refractivity contribution is -0.160. The lowest BCUT2D eigenvalue weighted by atomic mass is 10.0. The normalized spacial score (nSPS) is 14.2. The second-order valence-electron chi connectivity index (χ2n) is 18.7. The van der Waals surface area contributed by atoms with Crippen molar-refractivity contribution in [1.82, 2.24) is 0 Å². The molecular weight excluding hydrogens is 952 g/mol. The van der Waals surface area contributed by atoms with Crippen LogP contribution in [0.15, 0.2) is 109 Å². The van der Waals surface area contributed by atoms with Crippen molar-refractivity contribution in [3.63, 3.8) is 0 Å². The Morgan fingerprint density at radius 1 is 0.405 bits per heavy atom. The van der Waals surface area contributed by atoms with E-state index in [1.54, 1.807) is 6.08 Å². The van der Waals surface area contributed by atoms with Gasteiger partial charge in [0.15, 0.2) is 6.10 Å². The van der Waals surface area contributed by atoms with Crippen molar-refractivity contribution in [2.24, 2.45) is 0 Å². The number of hydrogen-bond donors (Lipinski definition) is 2. The summed E-state index contributed by atoms with van der Waals surface area (Å²) in [6.45, 7) is 4.28. The maximum absolute atomic E-state index is 12.9. The molecule has 0 aliphatic heterocycles. The molecule has 0 aliphatic rings. The first-order chi connectivity index (χ1) is 36.2. The Labute approximate surface area is 450 Å². The number of rotatable bonds is 52. The molecular formula is C62H103O11P. The summed E-state index contributed by atoms with van der Waals surface area (Å²) < 4.78 is 39.4. The van der Waals surface area contributed by atoms with Crippen molar-refractivity contribution in [3.8, 4) is 0 Å². The summed E-state index contributed by atoms with van der Waals surface area (Å²) >= 11 is 0. The van der Waals surface area contributed by atoms with Crippen LogP contribution in [-0.2, 0) is 42.2 Å². The minimum Gasteiger partial charge on any atom is -0.462 e. The van der Waals surface area contributed by atoms with Crippen LogP contribution in [0.4, 0.5) is 0 Å². The first-order valence-corrected chi connectivity index (χ1v) is 30.3. The molecule has 0 radical (unpaired) electrons. The van der Waals surface area contributed by atoms with Crippen molar-refractivity contribution in [2.75, 3.05) is 26.4 Å². The zero-order valence-electron chi connectivity index (χ0n) is 46.5. The number of esters is 3. The van der Waals surface area contributed by atoms with Crippen LogP contribution in [0.2, 0.25) is 0 Å². The summed E-state index contributed by atoms with van der Waals surface area (Å²) in [5.74, 6) is -1.65. The highest BCUT2D eigenvalue weighted by Crippen LogP contribution is 2.43. The zero-order valence-corrected chi connectivity index (χ0v) is 47.4. The first kappa shape index (κ1) is 70.1. The van der Waals surface area contributed by atoms with E-state index >= 15 is 0 Å². The van der Waals surface area contributed by atoms with Gasteiger partial charge in [-0.3, -0.25) is 23.4 Å². The zero-order chi connectivity index (χ0) is 54.1. The summed E-state index contributed by atoms with van der Waals surface area (Å²) in [7, 11) is -4.78. The number of hydrogen-bond acceptors (Lipinski definition) is 10. The van der Waals surface area contributed by atoms with Gasteiger partial charge in [-0.15, -0.1) is 0 Å². The molecule has 3 unspecified atom stereocenters. The lowest BCUT2D eigenvalue weighted by Gasteiger charge is -2.21. The average molecular weight is 1060 g/mol. The third-order valence-corrected chi connectivity index (χ3v) is 12.7. The molecule has 0 aliphatic carbocycles. The first-order valence-electron chi connectivity index (χ1n) is 28.8. The molecule has 0 aromatic carbocycles. The fourth-order valence-corrected chi connectivity index (χ4v) is 8.21. The molecule has 0 aromatic rings. The molecule has 2 N–H and O–H groups in total. The van der Waals surface area contributed by atoms with Gasteiger partial charge in [-0.1, -0.05) is 233 Å². The van der Waals surface area contributed by atoms with Crippen LogP contribution in [0, 0.1) is 0 Å². The predicted molar refractivity (Wildman–Crippen MR) is 307 cm³/mol. The third kappa shape index (κ3) is 53.0. The van der Waals surface area contributed by atoms with Crippen LogP contribution in [0.1, 0.15) is 226 Å². The Kier molecular flexibility index (Phi) is 52.5. The highest BCUT2D eigenvalue weighted by Gasteiger charge is 2.28. The largest absolute Gasteiger partial charge is 0.472 e. The fraction of sp³-hybridized carbons (Fsp3) is 0.661. The van der Waals surface area contributed by atoms with Crippen LogP contribution in [0.5, 0.6) is 0 Å². The van der Waals surface area contributed by atoms with Crippen LogP contribution in [0.3, 0.4) is 0 Å². The van der Waals surface area contributed by atoms with E-state index in [-0.39, 0.29) is 19.3 Å². The van der Waals surface area contributed by atoms with E-state index in [0.717, 1.165) is 96.3 Å². The summed E-state index contributed by atoms with van der Waals surface area (Å²) in [6, 6.07) is 0. The minimum atomic E-state index is -4.78. The fourth-order valence-electron chi connectivity index (χ4n) is 7.42. The Bertz CT molecular complexity index is 1660. The second kappa shape index (κ2) is 55.4. The summed E-state index contributed by atoms with van der Waals surface area (Å²) in [6.07, 6.45) is 66.5. The van der Waals surface area contributed by atoms with Gasteiger partial charge in [-0.05, 0) is 83.5 Å². The molecule has 0 aromatic heterocycles. The van der Waals surface area contributed by atoms with Gasteiger partial charge in [0.25, 0.3) is 0 Å². The van der Waals surface area contributed by atoms with E-state index in [1.165, 1.54) is 70.6 Å². The summed E-state index contributed by atoms with van der Waals surface area (Å²) in [5, 5.41) is 9.81. The molecule has 0 rings (SSSR count). The molecule has 0 saturated heterocycles. The second-order valence-corrected chi connectivity index (χ2v) is 20.2. The predicted octanol–water partition coefficient (Wildman–Crippen LogP) is 17.0. The molecule has 11 nitrogen and oxygen atoms in total. The number of unbranched alkanes of at least 4 members (excludes halogenated alkanes) is 18. The van der Waals surface area contributed by atoms with Gasteiger partial charge in [0.1, 0.15) is 12.7 Å². The van der Waals surface area contributed by atoms with E-state index in [1.807, 2.05) is 18.2 Å². The van der Waals surface area contributed by atoms with Crippen LogP contribution < -0.4 is 0 Å². The van der Waals surface area contributed by atoms with Gasteiger partial charge in [0.05, 0.1) is 26.2 Å². The van der Waals surface area contributed by atoms with E-state index in [4.69, 9.17) is 23.3 Å². The van der Waals surface area contributed by atoms with Gasteiger partial charge in [0.2, 0.25) is 0 Å².